The molecule has 2 aliphatic rings. The van der Waals surface area contributed by atoms with Gasteiger partial charge in [0.2, 0.25) is 11.8 Å². The second-order valence-electron chi connectivity index (χ2n) is 5.92. The normalized spacial score (nSPS) is 31.9. The fraction of sp³-hybridized carbons (Fsp3) is 0.500. The van der Waals surface area contributed by atoms with Crippen LogP contribution in [0.25, 0.3) is 0 Å². The lowest BCUT2D eigenvalue weighted by Crippen LogP contribution is -2.57. The first kappa shape index (κ1) is 14.2. The molecule has 1 atom stereocenters. The smallest absolute Gasteiger partial charge is 0.234 e. The molecule has 3 rings (SSSR count). The average Bonchev–Trinajstić information content (AvgIpc) is 2.38. The summed E-state index contributed by atoms with van der Waals surface area (Å²) in [4.78, 5) is 24.0. The molecule has 4 nitrogen and oxygen atoms in total. The number of nitrogens with one attached hydrogen (secondary N) is 1. The highest BCUT2D eigenvalue weighted by Crippen LogP contribution is 2.56. The van der Waals surface area contributed by atoms with Crippen molar-refractivity contribution in [1.29, 1.82) is 0 Å². The molecule has 1 aromatic carbocycles. The lowest BCUT2D eigenvalue weighted by atomic mass is 9.54. The predicted octanol–water partition coefficient (Wildman–Crippen LogP) is 2.14. The Morgan fingerprint density at radius 2 is 1.95 bits per heavy atom. The molecule has 1 heterocycles. The van der Waals surface area contributed by atoms with Crippen LogP contribution in [0.1, 0.15) is 37.7 Å². The summed E-state index contributed by atoms with van der Waals surface area (Å²) in [5, 5.41) is 2.40. The molecular weight excluding hydrogens is 273 g/mol. The molecule has 2 amide bonds. The lowest BCUT2D eigenvalue weighted by Gasteiger charge is -2.53. The summed E-state index contributed by atoms with van der Waals surface area (Å²) >= 11 is 0. The van der Waals surface area contributed by atoms with E-state index in [0.717, 1.165) is 5.56 Å². The van der Waals surface area contributed by atoms with Gasteiger partial charge in [-0.15, -0.1) is 0 Å². The van der Waals surface area contributed by atoms with E-state index in [1.54, 1.807) is 12.1 Å². The van der Waals surface area contributed by atoms with Gasteiger partial charge >= 0.3 is 0 Å². The molecule has 0 radical (unpaired) electrons. The second-order valence-corrected chi connectivity index (χ2v) is 5.92. The van der Waals surface area contributed by atoms with Gasteiger partial charge in [-0.2, -0.15) is 0 Å². The van der Waals surface area contributed by atoms with Gasteiger partial charge in [0.25, 0.3) is 0 Å². The number of benzene rings is 1. The summed E-state index contributed by atoms with van der Waals surface area (Å²) in [5.74, 6) is -1.26. The number of rotatable bonds is 3. The summed E-state index contributed by atoms with van der Waals surface area (Å²) in [6.45, 7) is 2.56. The van der Waals surface area contributed by atoms with Crippen molar-refractivity contribution in [3.05, 3.63) is 35.6 Å². The first-order valence-electron chi connectivity index (χ1n) is 7.25. The molecule has 112 valence electrons. The molecule has 1 aliphatic carbocycles. The minimum Gasteiger partial charge on any atom is -0.378 e. The van der Waals surface area contributed by atoms with Crippen LogP contribution >= 0.6 is 0 Å². The number of carbonyl (C=O) groups is 2. The van der Waals surface area contributed by atoms with E-state index in [0.29, 0.717) is 25.9 Å². The molecule has 1 saturated heterocycles. The Bertz CT molecular complexity index is 563. The zero-order chi connectivity index (χ0) is 15.0. The van der Waals surface area contributed by atoms with Crippen molar-refractivity contribution >= 4 is 11.8 Å². The molecule has 21 heavy (non-hydrogen) atoms. The van der Waals surface area contributed by atoms with Crippen LogP contribution < -0.4 is 5.32 Å². The third-order valence-electron chi connectivity index (χ3n) is 4.52. The first-order valence-corrected chi connectivity index (χ1v) is 7.25. The van der Waals surface area contributed by atoms with E-state index < -0.39 is 5.92 Å². The summed E-state index contributed by atoms with van der Waals surface area (Å²) in [7, 11) is 0. The fourth-order valence-electron chi connectivity index (χ4n) is 3.69. The summed E-state index contributed by atoms with van der Waals surface area (Å²) in [5.41, 5.74) is 0.383. The van der Waals surface area contributed by atoms with E-state index in [9.17, 15) is 14.0 Å². The van der Waals surface area contributed by atoms with E-state index in [-0.39, 0.29) is 29.2 Å². The Morgan fingerprint density at radius 3 is 2.57 bits per heavy atom. The van der Waals surface area contributed by atoms with Crippen LogP contribution in [0.2, 0.25) is 0 Å². The SMILES string of the molecule is CCOC1CC2(CC(=O)NC(=O)C2c2ccc(F)cc2)C1. The Labute approximate surface area is 122 Å². The van der Waals surface area contributed by atoms with Gasteiger partial charge < -0.3 is 4.74 Å². The zero-order valence-corrected chi connectivity index (χ0v) is 11.9. The van der Waals surface area contributed by atoms with Crippen LogP contribution in [0.3, 0.4) is 0 Å². The summed E-state index contributed by atoms with van der Waals surface area (Å²) < 4.78 is 18.7. The van der Waals surface area contributed by atoms with Crippen LogP contribution in [0.5, 0.6) is 0 Å². The van der Waals surface area contributed by atoms with Gasteiger partial charge in [-0.05, 0) is 42.9 Å². The van der Waals surface area contributed by atoms with Gasteiger partial charge in [-0.1, -0.05) is 12.1 Å². The number of hydrogen-bond acceptors (Lipinski definition) is 3. The Balaban J connectivity index is 1.89. The quantitative estimate of drug-likeness (QED) is 0.868. The minimum absolute atomic E-state index is 0.108. The topological polar surface area (TPSA) is 55.4 Å². The standard InChI is InChI=1S/C16H18FNO3/c1-2-21-12-7-16(8-12)9-13(19)18-15(20)14(16)10-3-5-11(17)6-4-10/h3-6,12,14H,2,7-9H2,1H3,(H,18,19,20). The number of ether oxygens (including phenoxy) is 1. The molecule has 2 fully saturated rings. The Kier molecular flexibility index (Phi) is 3.53. The van der Waals surface area contributed by atoms with Gasteiger partial charge in [-0.3, -0.25) is 14.9 Å². The van der Waals surface area contributed by atoms with Crippen molar-refractivity contribution in [2.24, 2.45) is 5.41 Å². The molecule has 1 saturated carbocycles. The van der Waals surface area contributed by atoms with Crippen LogP contribution in [0.4, 0.5) is 4.39 Å². The van der Waals surface area contributed by atoms with Crippen molar-refractivity contribution < 1.29 is 18.7 Å². The second kappa shape index (κ2) is 5.22. The maximum Gasteiger partial charge on any atom is 0.234 e. The van der Waals surface area contributed by atoms with Crippen LogP contribution in [0.15, 0.2) is 24.3 Å². The van der Waals surface area contributed by atoms with E-state index in [1.807, 2.05) is 6.92 Å². The van der Waals surface area contributed by atoms with Gasteiger partial charge in [0.1, 0.15) is 5.82 Å². The molecule has 1 unspecified atom stereocenters. The number of amides is 2. The van der Waals surface area contributed by atoms with Crippen molar-refractivity contribution in [3.63, 3.8) is 0 Å². The number of piperidine rings is 1. The number of carbonyl (C=O) groups excluding carboxylic acids is 2. The van der Waals surface area contributed by atoms with E-state index in [4.69, 9.17) is 4.74 Å². The minimum atomic E-state index is -0.410. The lowest BCUT2D eigenvalue weighted by molar-refractivity contribution is -0.153. The highest BCUT2D eigenvalue weighted by Gasteiger charge is 2.56. The fourth-order valence-corrected chi connectivity index (χ4v) is 3.69. The maximum atomic E-state index is 13.1. The first-order chi connectivity index (χ1) is 10.0. The molecule has 5 heteroatoms. The third kappa shape index (κ3) is 2.46. The van der Waals surface area contributed by atoms with E-state index >= 15 is 0 Å². The molecule has 0 bridgehead atoms. The van der Waals surface area contributed by atoms with Gasteiger partial charge in [-0.25, -0.2) is 4.39 Å². The van der Waals surface area contributed by atoms with Crippen LogP contribution in [-0.4, -0.2) is 24.5 Å². The third-order valence-corrected chi connectivity index (χ3v) is 4.52. The molecule has 1 spiro atoms. The highest BCUT2D eigenvalue weighted by atomic mass is 19.1. The molecule has 1 aromatic rings. The average molecular weight is 291 g/mol. The molecule has 1 aliphatic heterocycles. The molecule has 0 aromatic heterocycles. The number of imide groups is 1. The van der Waals surface area contributed by atoms with Crippen LogP contribution in [0, 0.1) is 11.2 Å². The summed E-state index contributed by atoms with van der Waals surface area (Å²) in [6, 6.07) is 5.97. The number of hydrogen-bond donors (Lipinski definition) is 1. The van der Waals surface area contributed by atoms with Crippen molar-refractivity contribution in [1.82, 2.24) is 5.32 Å². The van der Waals surface area contributed by atoms with Gasteiger partial charge in [0.15, 0.2) is 0 Å². The predicted molar refractivity (Wildman–Crippen MR) is 74.0 cm³/mol. The maximum absolute atomic E-state index is 13.1. The molecule has 1 N–H and O–H groups in total. The van der Waals surface area contributed by atoms with Crippen molar-refractivity contribution in [2.45, 2.75) is 38.2 Å². The van der Waals surface area contributed by atoms with Crippen LogP contribution in [-0.2, 0) is 14.3 Å². The Morgan fingerprint density at radius 1 is 1.29 bits per heavy atom. The summed E-state index contributed by atoms with van der Waals surface area (Å²) in [6.07, 6.45) is 1.82. The Hall–Kier alpha value is -1.75. The zero-order valence-electron chi connectivity index (χ0n) is 11.9. The highest BCUT2D eigenvalue weighted by molar-refractivity contribution is 6.02. The molecular formula is C16H18FNO3. The van der Waals surface area contributed by atoms with Gasteiger partial charge in [0, 0.05) is 13.0 Å². The van der Waals surface area contributed by atoms with E-state index in [1.165, 1.54) is 12.1 Å². The van der Waals surface area contributed by atoms with E-state index in [2.05, 4.69) is 5.32 Å². The number of halogens is 1. The van der Waals surface area contributed by atoms with Crippen molar-refractivity contribution in [3.8, 4) is 0 Å². The monoisotopic (exact) mass is 291 g/mol. The van der Waals surface area contributed by atoms with Crippen molar-refractivity contribution in [2.75, 3.05) is 6.61 Å². The largest absolute Gasteiger partial charge is 0.378 e. The van der Waals surface area contributed by atoms with Gasteiger partial charge in [0.05, 0.1) is 12.0 Å².